The molecule has 1 heterocycles. The summed E-state index contributed by atoms with van der Waals surface area (Å²) >= 11 is 0. The second-order valence-corrected chi connectivity index (χ2v) is 7.89. The molecule has 2 rings (SSSR count). The first-order valence-electron chi connectivity index (χ1n) is 9.45. The molecule has 4 nitrogen and oxygen atoms in total. The van der Waals surface area contributed by atoms with E-state index in [2.05, 4.69) is 30.1 Å². The normalized spacial score (nSPS) is 27.0. The van der Waals surface area contributed by atoms with Crippen molar-refractivity contribution >= 4 is 5.91 Å². The van der Waals surface area contributed by atoms with Crippen molar-refractivity contribution < 1.29 is 4.79 Å². The Hall–Kier alpha value is -1.08. The molecule has 0 aromatic carbocycles. The Balaban J connectivity index is 1.92. The van der Waals surface area contributed by atoms with Crippen LogP contribution in [0.2, 0.25) is 0 Å². The molecule has 1 N–H and O–H groups in total. The van der Waals surface area contributed by atoms with Crippen LogP contribution in [-0.2, 0) is 4.79 Å². The molecule has 2 aliphatic rings. The van der Waals surface area contributed by atoms with Crippen LogP contribution >= 0.6 is 0 Å². The molecule has 130 valence electrons. The summed E-state index contributed by atoms with van der Waals surface area (Å²) in [6.45, 7) is 8.60. The molecule has 0 spiro atoms. The van der Waals surface area contributed by atoms with Crippen LogP contribution in [0.15, 0.2) is 0 Å². The molecule has 1 amide bonds. The van der Waals surface area contributed by atoms with E-state index >= 15 is 0 Å². The second kappa shape index (κ2) is 8.15. The molecule has 1 aliphatic carbocycles. The van der Waals surface area contributed by atoms with Crippen molar-refractivity contribution in [1.29, 1.82) is 5.26 Å². The van der Waals surface area contributed by atoms with Crippen molar-refractivity contribution in [2.24, 2.45) is 11.8 Å². The molecule has 4 heteroatoms. The van der Waals surface area contributed by atoms with E-state index in [1.165, 1.54) is 25.7 Å². The summed E-state index contributed by atoms with van der Waals surface area (Å²) in [6, 6.07) is 2.26. The number of likely N-dealkylation sites (tertiary alicyclic amines) is 1. The number of hydrogen-bond donors (Lipinski definition) is 1. The molecule has 0 unspecified atom stereocenters. The fourth-order valence-corrected chi connectivity index (χ4v) is 4.12. The third-order valence-electron chi connectivity index (χ3n) is 5.96. The standard InChI is InChI=1S/C19H33N3O/c1-15(2)17-8-7-12-22(13-9-17)16(3)18(23)21-19(14-20)10-5-4-6-11-19/h15-17H,4-13H2,1-3H3,(H,21,23)/t16-,17+/m1/s1. The van der Waals surface area contributed by atoms with Gasteiger partial charge in [-0.1, -0.05) is 33.1 Å². The lowest BCUT2D eigenvalue weighted by Gasteiger charge is -2.34. The number of carbonyl (C=O) groups is 1. The van der Waals surface area contributed by atoms with Crippen molar-refractivity contribution in [2.45, 2.75) is 83.7 Å². The maximum absolute atomic E-state index is 12.7. The van der Waals surface area contributed by atoms with Gasteiger partial charge in [-0.05, 0) is 64.0 Å². The lowest BCUT2D eigenvalue weighted by atomic mass is 9.82. The van der Waals surface area contributed by atoms with Crippen LogP contribution in [0, 0.1) is 23.2 Å². The second-order valence-electron chi connectivity index (χ2n) is 7.89. The highest BCUT2D eigenvalue weighted by atomic mass is 16.2. The van der Waals surface area contributed by atoms with Gasteiger partial charge in [0.1, 0.15) is 5.54 Å². The Bertz CT molecular complexity index is 434. The van der Waals surface area contributed by atoms with Gasteiger partial charge in [-0.15, -0.1) is 0 Å². The first kappa shape index (κ1) is 18.3. The van der Waals surface area contributed by atoms with Gasteiger partial charge in [0.2, 0.25) is 5.91 Å². The van der Waals surface area contributed by atoms with Gasteiger partial charge in [-0.2, -0.15) is 5.26 Å². The predicted molar refractivity (Wildman–Crippen MR) is 92.8 cm³/mol. The third-order valence-corrected chi connectivity index (χ3v) is 5.96. The highest BCUT2D eigenvalue weighted by molar-refractivity contribution is 5.82. The summed E-state index contributed by atoms with van der Waals surface area (Å²) in [6.07, 6.45) is 8.49. The minimum absolute atomic E-state index is 0.0384. The number of nitrogens with one attached hydrogen (secondary N) is 1. The zero-order valence-electron chi connectivity index (χ0n) is 15.1. The van der Waals surface area contributed by atoms with E-state index in [1.807, 2.05) is 6.92 Å². The minimum atomic E-state index is -0.615. The van der Waals surface area contributed by atoms with E-state index in [0.29, 0.717) is 0 Å². The molecule has 0 aromatic rings. The monoisotopic (exact) mass is 319 g/mol. The first-order valence-corrected chi connectivity index (χ1v) is 9.45. The van der Waals surface area contributed by atoms with Gasteiger partial charge >= 0.3 is 0 Å². The maximum Gasteiger partial charge on any atom is 0.238 e. The van der Waals surface area contributed by atoms with Crippen molar-refractivity contribution in [1.82, 2.24) is 10.2 Å². The van der Waals surface area contributed by atoms with Crippen LogP contribution in [0.1, 0.15) is 72.1 Å². The first-order chi connectivity index (χ1) is 11.0. The quantitative estimate of drug-likeness (QED) is 0.863. The van der Waals surface area contributed by atoms with Crippen molar-refractivity contribution in [3.05, 3.63) is 0 Å². The summed E-state index contributed by atoms with van der Waals surface area (Å²) in [7, 11) is 0. The zero-order valence-corrected chi connectivity index (χ0v) is 15.1. The number of nitriles is 1. The minimum Gasteiger partial charge on any atom is -0.336 e. The van der Waals surface area contributed by atoms with Crippen LogP contribution in [0.3, 0.4) is 0 Å². The average molecular weight is 319 g/mol. The topological polar surface area (TPSA) is 56.1 Å². The molecule has 2 fully saturated rings. The van der Waals surface area contributed by atoms with Gasteiger partial charge in [0.05, 0.1) is 12.1 Å². The van der Waals surface area contributed by atoms with Crippen molar-refractivity contribution in [3.63, 3.8) is 0 Å². The molecule has 0 radical (unpaired) electrons. The third kappa shape index (κ3) is 4.70. The summed E-state index contributed by atoms with van der Waals surface area (Å²) in [5, 5.41) is 12.6. The van der Waals surface area contributed by atoms with Gasteiger partial charge in [-0.25, -0.2) is 0 Å². The number of nitrogens with zero attached hydrogens (tertiary/aromatic N) is 2. The molecule has 2 atom stereocenters. The number of hydrogen-bond acceptors (Lipinski definition) is 3. The summed E-state index contributed by atoms with van der Waals surface area (Å²) < 4.78 is 0. The Morgan fingerprint density at radius 2 is 1.83 bits per heavy atom. The fourth-order valence-electron chi connectivity index (χ4n) is 4.12. The van der Waals surface area contributed by atoms with Crippen LogP contribution in [0.25, 0.3) is 0 Å². The molecule has 1 aliphatic heterocycles. The number of amides is 1. The van der Waals surface area contributed by atoms with E-state index in [0.717, 1.165) is 50.6 Å². The average Bonchev–Trinajstić information content (AvgIpc) is 2.81. The summed E-state index contributed by atoms with van der Waals surface area (Å²) in [5.41, 5.74) is -0.615. The number of carbonyl (C=O) groups excluding carboxylic acids is 1. The van der Waals surface area contributed by atoms with E-state index in [-0.39, 0.29) is 11.9 Å². The Morgan fingerprint density at radius 1 is 1.13 bits per heavy atom. The molecule has 23 heavy (non-hydrogen) atoms. The highest BCUT2D eigenvalue weighted by Crippen LogP contribution is 2.28. The highest BCUT2D eigenvalue weighted by Gasteiger charge is 2.36. The van der Waals surface area contributed by atoms with Crippen LogP contribution < -0.4 is 5.32 Å². The van der Waals surface area contributed by atoms with Gasteiger partial charge in [-0.3, -0.25) is 9.69 Å². The number of rotatable bonds is 4. The lowest BCUT2D eigenvalue weighted by Crippen LogP contribution is -2.55. The molecule has 0 bridgehead atoms. The van der Waals surface area contributed by atoms with Crippen LogP contribution in [0.5, 0.6) is 0 Å². The summed E-state index contributed by atoms with van der Waals surface area (Å²) in [4.78, 5) is 15.0. The van der Waals surface area contributed by atoms with Crippen molar-refractivity contribution in [3.8, 4) is 6.07 Å². The molecule has 1 saturated carbocycles. The van der Waals surface area contributed by atoms with Crippen LogP contribution in [0.4, 0.5) is 0 Å². The van der Waals surface area contributed by atoms with Crippen molar-refractivity contribution in [2.75, 3.05) is 13.1 Å². The summed E-state index contributed by atoms with van der Waals surface area (Å²) in [5.74, 6) is 1.54. The molecular formula is C19H33N3O. The van der Waals surface area contributed by atoms with Crippen LogP contribution in [-0.4, -0.2) is 35.5 Å². The molecular weight excluding hydrogens is 286 g/mol. The van der Waals surface area contributed by atoms with Gasteiger partial charge in [0, 0.05) is 0 Å². The van der Waals surface area contributed by atoms with Gasteiger partial charge in [0.25, 0.3) is 0 Å². The van der Waals surface area contributed by atoms with E-state index in [4.69, 9.17) is 0 Å². The Morgan fingerprint density at radius 3 is 2.43 bits per heavy atom. The van der Waals surface area contributed by atoms with Gasteiger partial charge < -0.3 is 5.32 Å². The van der Waals surface area contributed by atoms with E-state index in [9.17, 15) is 10.1 Å². The Labute approximate surface area is 141 Å². The lowest BCUT2D eigenvalue weighted by molar-refractivity contribution is -0.127. The maximum atomic E-state index is 12.7. The van der Waals surface area contributed by atoms with Gasteiger partial charge in [0.15, 0.2) is 0 Å². The SMILES string of the molecule is CC(C)[C@H]1CCCN([C@H](C)C(=O)NC2(C#N)CCCCC2)CC1. The largest absolute Gasteiger partial charge is 0.336 e. The molecule has 1 saturated heterocycles. The Kier molecular flexibility index (Phi) is 6.47. The van der Waals surface area contributed by atoms with E-state index in [1.54, 1.807) is 0 Å². The predicted octanol–water partition coefficient (Wildman–Crippen LogP) is 3.48. The van der Waals surface area contributed by atoms with E-state index < -0.39 is 5.54 Å². The zero-order chi connectivity index (χ0) is 16.9. The molecule has 0 aromatic heterocycles. The smallest absolute Gasteiger partial charge is 0.238 e. The fraction of sp³-hybridized carbons (Fsp3) is 0.895.